The Morgan fingerprint density at radius 3 is 2.73 bits per heavy atom. The van der Waals surface area contributed by atoms with Gasteiger partial charge in [0.25, 0.3) is 0 Å². The third-order valence-corrected chi connectivity index (χ3v) is 5.65. The Morgan fingerprint density at radius 2 is 1.90 bits per heavy atom. The van der Waals surface area contributed by atoms with Crippen molar-refractivity contribution in [3.05, 3.63) is 60.5 Å². The summed E-state index contributed by atoms with van der Waals surface area (Å²) in [4.78, 5) is 25.6. The Balaban J connectivity index is 1.57. The second kappa shape index (κ2) is 6.49. The zero-order chi connectivity index (χ0) is 20.1. The van der Waals surface area contributed by atoms with Crippen LogP contribution in [0.2, 0.25) is 0 Å². The number of pyridine rings is 2. The first-order chi connectivity index (χ1) is 14.8. The van der Waals surface area contributed by atoms with Crippen molar-refractivity contribution >= 4 is 33.4 Å². The van der Waals surface area contributed by atoms with Crippen molar-refractivity contribution in [2.75, 3.05) is 0 Å². The lowest BCUT2D eigenvalue weighted by molar-refractivity contribution is 0.642. The van der Waals surface area contributed by atoms with Gasteiger partial charge >= 0.3 is 0 Å². The molecule has 0 saturated carbocycles. The standard InChI is InChI=1S/C20H11FN8S/c21-15-11(10-6-22-9-23-7-10)8-25-19-14(15)18(28-29-19)20-26-12-3-4-24-17(16(12)27-20)13-2-1-5-30-13/h1-9H,(H,26,27)(H,25,28,29). The van der Waals surface area contributed by atoms with E-state index in [2.05, 4.69) is 35.1 Å². The summed E-state index contributed by atoms with van der Waals surface area (Å²) in [6.07, 6.45) is 7.63. The van der Waals surface area contributed by atoms with Crippen LogP contribution in [-0.4, -0.2) is 40.1 Å². The number of fused-ring (bicyclic) bond motifs is 2. The number of rotatable bonds is 3. The van der Waals surface area contributed by atoms with E-state index >= 15 is 4.39 Å². The first-order valence-corrected chi connectivity index (χ1v) is 9.84. The Hall–Kier alpha value is -4.05. The minimum absolute atomic E-state index is 0.251. The van der Waals surface area contributed by atoms with Gasteiger partial charge in [-0.05, 0) is 17.5 Å². The van der Waals surface area contributed by atoms with E-state index in [-0.39, 0.29) is 5.39 Å². The number of halogens is 1. The molecular weight excluding hydrogens is 403 g/mol. The van der Waals surface area contributed by atoms with Crippen LogP contribution in [0.3, 0.4) is 0 Å². The molecule has 6 aromatic heterocycles. The van der Waals surface area contributed by atoms with Gasteiger partial charge < -0.3 is 4.98 Å². The van der Waals surface area contributed by atoms with Gasteiger partial charge in [-0.1, -0.05) is 6.07 Å². The van der Waals surface area contributed by atoms with Crippen molar-refractivity contribution in [3.8, 4) is 33.2 Å². The first kappa shape index (κ1) is 16.9. The fourth-order valence-electron chi connectivity index (χ4n) is 3.41. The van der Waals surface area contributed by atoms with Crippen LogP contribution < -0.4 is 0 Å². The van der Waals surface area contributed by atoms with Crippen molar-refractivity contribution in [2.45, 2.75) is 0 Å². The molecule has 0 aliphatic carbocycles. The van der Waals surface area contributed by atoms with Crippen LogP contribution in [0.5, 0.6) is 0 Å². The fourth-order valence-corrected chi connectivity index (χ4v) is 4.13. The monoisotopic (exact) mass is 414 g/mol. The predicted octanol–water partition coefficient (Wildman–Crippen LogP) is 4.22. The number of hydrogen-bond donors (Lipinski definition) is 2. The molecule has 0 bridgehead atoms. The van der Waals surface area contributed by atoms with Gasteiger partial charge in [0, 0.05) is 35.9 Å². The van der Waals surface area contributed by atoms with E-state index in [0.29, 0.717) is 33.8 Å². The van der Waals surface area contributed by atoms with E-state index in [1.54, 1.807) is 29.9 Å². The highest BCUT2D eigenvalue weighted by Gasteiger charge is 2.21. The summed E-state index contributed by atoms with van der Waals surface area (Å²) in [5.74, 6) is -0.0279. The van der Waals surface area contributed by atoms with E-state index in [1.165, 1.54) is 12.5 Å². The smallest absolute Gasteiger partial charge is 0.159 e. The molecule has 0 radical (unpaired) electrons. The minimum Gasteiger partial charge on any atom is -0.336 e. The highest BCUT2D eigenvalue weighted by Crippen LogP contribution is 2.34. The average molecular weight is 414 g/mol. The zero-order valence-electron chi connectivity index (χ0n) is 15.2. The number of nitrogens with zero attached hydrogens (tertiary/aromatic N) is 6. The molecule has 0 unspecified atom stereocenters. The van der Waals surface area contributed by atoms with Crippen LogP contribution in [-0.2, 0) is 0 Å². The summed E-state index contributed by atoms with van der Waals surface area (Å²) >= 11 is 1.58. The number of hydrogen-bond acceptors (Lipinski definition) is 7. The molecule has 144 valence electrons. The quantitative estimate of drug-likeness (QED) is 0.449. The van der Waals surface area contributed by atoms with Gasteiger partial charge in [0.2, 0.25) is 0 Å². The Morgan fingerprint density at radius 1 is 1.00 bits per heavy atom. The molecule has 0 saturated heterocycles. The SMILES string of the molecule is Fc1c(-c2cncnc2)cnc2[nH]nc(-c3nc4c(-c5cccs5)nccc4[nH]3)c12. The molecule has 0 aliphatic rings. The van der Waals surface area contributed by atoms with E-state index in [9.17, 15) is 0 Å². The molecular formula is C20H11FN8S. The van der Waals surface area contributed by atoms with Crippen LogP contribution >= 0.6 is 11.3 Å². The second-order valence-electron chi connectivity index (χ2n) is 6.53. The molecule has 0 spiro atoms. The Kier molecular flexibility index (Phi) is 3.65. The van der Waals surface area contributed by atoms with Crippen LogP contribution in [0.4, 0.5) is 4.39 Å². The van der Waals surface area contributed by atoms with Crippen LogP contribution in [0, 0.1) is 5.82 Å². The molecule has 6 heterocycles. The third-order valence-electron chi connectivity index (χ3n) is 4.78. The molecule has 8 nitrogen and oxygen atoms in total. The van der Waals surface area contributed by atoms with Crippen LogP contribution in [0.1, 0.15) is 0 Å². The van der Waals surface area contributed by atoms with Gasteiger partial charge in [-0.15, -0.1) is 11.3 Å². The summed E-state index contributed by atoms with van der Waals surface area (Å²) in [5, 5.41) is 9.30. The Bertz CT molecular complexity index is 1500. The number of aromatic amines is 2. The van der Waals surface area contributed by atoms with E-state index in [1.807, 2.05) is 23.6 Å². The maximum absolute atomic E-state index is 15.5. The third kappa shape index (κ3) is 2.51. The van der Waals surface area contributed by atoms with Gasteiger partial charge in [-0.2, -0.15) is 5.10 Å². The zero-order valence-corrected chi connectivity index (χ0v) is 16.0. The topological polar surface area (TPSA) is 109 Å². The molecule has 6 rings (SSSR count). The van der Waals surface area contributed by atoms with Crippen molar-refractivity contribution in [1.82, 2.24) is 40.1 Å². The largest absolute Gasteiger partial charge is 0.336 e. The lowest BCUT2D eigenvalue weighted by atomic mass is 10.1. The number of H-pyrrole nitrogens is 2. The van der Waals surface area contributed by atoms with Crippen molar-refractivity contribution < 1.29 is 4.39 Å². The Labute approximate surface area is 171 Å². The fraction of sp³-hybridized carbons (Fsp3) is 0. The van der Waals surface area contributed by atoms with Gasteiger partial charge in [-0.3, -0.25) is 10.1 Å². The van der Waals surface area contributed by atoms with E-state index < -0.39 is 5.82 Å². The van der Waals surface area contributed by atoms with Crippen molar-refractivity contribution in [2.24, 2.45) is 0 Å². The molecule has 0 fully saturated rings. The van der Waals surface area contributed by atoms with E-state index in [4.69, 9.17) is 4.98 Å². The summed E-state index contributed by atoms with van der Waals surface area (Å²) in [7, 11) is 0. The molecule has 0 aliphatic heterocycles. The van der Waals surface area contributed by atoms with Crippen LogP contribution in [0.15, 0.2) is 54.7 Å². The lowest BCUT2D eigenvalue weighted by Crippen LogP contribution is -1.91. The second-order valence-corrected chi connectivity index (χ2v) is 7.47. The highest BCUT2D eigenvalue weighted by molar-refractivity contribution is 7.13. The maximum atomic E-state index is 15.5. The maximum Gasteiger partial charge on any atom is 0.159 e. The van der Waals surface area contributed by atoms with Gasteiger partial charge in [0.05, 0.1) is 15.8 Å². The first-order valence-electron chi connectivity index (χ1n) is 8.96. The average Bonchev–Trinajstić information content (AvgIpc) is 3.53. The van der Waals surface area contributed by atoms with Gasteiger partial charge in [0.15, 0.2) is 11.5 Å². The molecule has 0 atom stereocenters. The number of imidazole rings is 1. The molecule has 10 heteroatoms. The number of thiophene rings is 1. The minimum atomic E-state index is -0.462. The van der Waals surface area contributed by atoms with Crippen molar-refractivity contribution in [1.29, 1.82) is 0 Å². The number of nitrogens with one attached hydrogen (secondary N) is 2. The van der Waals surface area contributed by atoms with Crippen LogP contribution in [0.25, 0.3) is 55.3 Å². The van der Waals surface area contributed by atoms with Crippen molar-refractivity contribution in [3.63, 3.8) is 0 Å². The normalized spacial score (nSPS) is 11.5. The molecule has 2 N–H and O–H groups in total. The van der Waals surface area contributed by atoms with Gasteiger partial charge in [-0.25, -0.2) is 24.3 Å². The predicted molar refractivity (Wildman–Crippen MR) is 111 cm³/mol. The van der Waals surface area contributed by atoms with E-state index in [0.717, 1.165) is 16.1 Å². The summed E-state index contributed by atoms with van der Waals surface area (Å²) in [6, 6.07) is 5.78. The number of aromatic nitrogens is 8. The summed E-state index contributed by atoms with van der Waals surface area (Å²) < 4.78 is 15.5. The molecule has 0 amide bonds. The lowest BCUT2D eigenvalue weighted by Gasteiger charge is -2.03. The summed E-state index contributed by atoms with van der Waals surface area (Å²) in [6.45, 7) is 0. The molecule has 6 aromatic rings. The highest BCUT2D eigenvalue weighted by atomic mass is 32.1. The summed E-state index contributed by atoms with van der Waals surface area (Å²) in [5.41, 5.74) is 3.77. The molecule has 30 heavy (non-hydrogen) atoms. The molecule has 0 aromatic carbocycles. The van der Waals surface area contributed by atoms with Gasteiger partial charge in [0.1, 0.15) is 29.0 Å².